The van der Waals surface area contributed by atoms with Gasteiger partial charge in [-0.3, -0.25) is 0 Å². The van der Waals surface area contributed by atoms with E-state index in [4.69, 9.17) is 9.47 Å². The van der Waals surface area contributed by atoms with Crippen molar-refractivity contribution < 1.29 is 19.0 Å². The summed E-state index contributed by atoms with van der Waals surface area (Å²) in [6.45, 7) is 2.21. The highest BCUT2D eigenvalue weighted by atomic mass is 19.1. The van der Waals surface area contributed by atoms with Gasteiger partial charge in [-0.05, 0) is 35.2 Å². The van der Waals surface area contributed by atoms with Crippen molar-refractivity contribution in [1.82, 2.24) is 0 Å². The fourth-order valence-corrected chi connectivity index (χ4v) is 3.61. The molecule has 0 aromatic heterocycles. The van der Waals surface area contributed by atoms with Gasteiger partial charge in [0.05, 0.1) is 5.92 Å². The Hall–Kier alpha value is -1.75. The van der Waals surface area contributed by atoms with Crippen LogP contribution in [0.25, 0.3) is 11.1 Å². The van der Waals surface area contributed by atoms with E-state index in [2.05, 4.69) is 6.92 Å². The third-order valence-corrected chi connectivity index (χ3v) is 5.36. The summed E-state index contributed by atoms with van der Waals surface area (Å²) in [7, 11) is 2.93. The fourth-order valence-electron chi connectivity index (χ4n) is 3.61. The third-order valence-electron chi connectivity index (χ3n) is 5.36. The van der Waals surface area contributed by atoms with Crippen molar-refractivity contribution in [2.75, 3.05) is 14.2 Å². The van der Waals surface area contributed by atoms with Crippen molar-refractivity contribution in [1.29, 1.82) is 0 Å². The summed E-state index contributed by atoms with van der Waals surface area (Å²) in [5.74, 6) is -2.18. The monoisotopic (exact) mass is 388 g/mol. The van der Waals surface area contributed by atoms with Crippen LogP contribution < -0.4 is 0 Å². The van der Waals surface area contributed by atoms with Crippen LogP contribution in [0.3, 0.4) is 0 Å². The number of ether oxygens (including phenoxy) is 2. The molecule has 0 spiro atoms. The van der Waals surface area contributed by atoms with Gasteiger partial charge in [-0.25, -0.2) is 4.39 Å². The van der Waals surface area contributed by atoms with Crippen LogP contribution in [0.5, 0.6) is 0 Å². The van der Waals surface area contributed by atoms with E-state index < -0.39 is 5.97 Å². The maximum absolute atomic E-state index is 13.1. The van der Waals surface area contributed by atoms with Crippen molar-refractivity contribution in [3.8, 4) is 11.1 Å². The maximum atomic E-state index is 13.1. The highest BCUT2D eigenvalue weighted by Gasteiger charge is 2.38. The van der Waals surface area contributed by atoms with Crippen molar-refractivity contribution in [3.05, 3.63) is 59.9 Å². The summed E-state index contributed by atoms with van der Waals surface area (Å²) in [4.78, 5) is 0. The minimum atomic E-state index is -1.65. The van der Waals surface area contributed by atoms with Gasteiger partial charge in [0.25, 0.3) is 5.97 Å². The lowest BCUT2D eigenvalue weighted by Gasteiger charge is -2.33. The number of halogens is 1. The van der Waals surface area contributed by atoms with E-state index in [1.165, 1.54) is 52.0 Å². The molecule has 28 heavy (non-hydrogen) atoms. The van der Waals surface area contributed by atoms with Gasteiger partial charge >= 0.3 is 0 Å². The molecule has 1 unspecified atom stereocenters. The molecule has 154 valence electrons. The quantitative estimate of drug-likeness (QED) is 0.344. The Morgan fingerprint density at radius 1 is 0.821 bits per heavy atom. The van der Waals surface area contributed by atoms with E-state index >= 15 is 0 Å². The first-order valence-electron chi connectivity index (χ1n) is 10.2. The minimum Gasteiger partial charge on any atom is -0.343 e. The maximum Gasteiger partial charge on any atom is 0.287 e. The third kappa shape index (κ3) is 6.13. The fraction of sp³-hybridized carbons (Fsp3) is 0.500. The molecule has 0 heterocycles. The molecule has 1 atom stereocenters. The van der Waals surface area contributed by atoms with Gasteiger partial charge in [-0.2, -0.15) is 0 Å². The van der Waals surface area contributed by atoms with E-state index in [0.29, 0.717) is 0 Å². The lowest BCUT2D eigenvalue weighted by atomic mass is 9.89. The zero-order valence-corrected chi connectivity index (χ0v) is 17.3. The van der Waals surface area contributed by atoms with Gasteiger partial charge in [0.15, 0.2) is 0 Å². The second-order valence-corrected chi connectivity index (χ2v) is 7.28. The molecule has 0 amide bonds. The number of methoxy groups -OCH3 is 2. The number of hydrogen-bond donors (Lipinski definition) is 1. The van der Waals surface area contributed by atoms with Crippen LogP contribution >= 0.6 is 0 Å². The van der Waals surface area contributed by atoms with Crippen molar-refractivity contribution in [3.63, 3.8) is 0 Å². The van der Waals surface area contributed by atoms with E-state index in [0.717, 1.165) is 36.0 Å². The summed E-state index contributed by atoms with van der Waals surface area (Å²) in [6.07, 6.45) is 7.89. The van der Waals surface area contributed by atoms with Crippen LogP contribution in [0.4, 0.5) is 4.39 Å². The molecule has 0 saturated heterocycles. The standard InChI is InChI=1S/C24H33FO3/c1-4-5-6-7-8-9-10-23(24(26,27-2)28-3)21-13-11-19(12-14-21)20-15-17-22(25)18-16-20/h11-18,23,26H,4-10H2,1-3H3. The van der Waals surface area contributed by atoms with Crippen molar-refractivity contribution in [2.24, 2.45) is 0 Å². The predicted octanol–water partition coefficient (Wildman–Crippen LogP) is 6.27. The molecule has 0 fully saturated rings. The normalized spacial score (nSPS) is 12.9. The second kappa shape index (κ2) is 11.3. The molecule has 0 saturated carbocycles. The Morgan fingerprint density at radius 3 is 1.86 bits per heavy atom. The van der Waals surface area contributed by atoms with Gasteiger partial charge in [0, 0.05) is 14.2 Å². The number of rotatable bonds is 12. The first-order valence-corrected chi connectivity index (χ1v) is 10.2. The molecule has 1 N–H and O–H groups in total. The molecule has 2 aromatic rings. The molecule has 0 aliphatic heterocycles. The Morgan fingerprint density at radius 2 is 1.32 bits per heavy atom. The van der Waals surface area contributed by atoms with Crippen LogP contribution in [0.1, 0.15) is 63.4 Å². The molecule has 0 bridgehead atoms. The Bertz CT molecular complexity index is 678. The molecule has 0 aliphatic carbocycles. The molecular formula is C24H33FO3. The van der Waals surface area contributed by atoms with E-state index in [9.17, 15) is 9.50 Å². The lowest BCUT2D eigenvalue weighted by molar-refractivity contribution is -0.353. The lowest BCUT2D eigenvalue weighted by Crippen LogP contribution is -2.40. The summed E-state index contributed by atoms with van der Waals surface area (Å²) in [5, 5.41) is 10.8. The van der Waals surface area contributed by atoms with E-state index in [-0.39, 0.29) is 11.7 Å². The predicted molar refractivity (Wildman–Crippen MR) is 112 cm³/mol. The smallest absolute Gasteiger partial charge is 0.287 e. The van der Waals surface area contributed by atoms with Crippen LogP contribution in [-0.4, -0.2) is 25.3 Å². The van der Waals surface area contributed by atoms with Gasteiger partial charge in [-0.1, -0.05) is 81.8 Å². The molecular weight excluding hydrogens is 355 g/mol. The zero-order chi connectivity index (χ0) is 20.4. The summed E-state index contributed by atoms with van der Waals surface area (Å²) >= 11 is 0. The van der Waals surface area contributed by atoms with E-state index in [1.54, 1.807) is 12.1 Å². The summed E-state index contributed by atoms with van der Waals surface area (Å²) < 4.78 is 23.8. The zero-order valence-electron chi connectivity index (χ0n) is 17.3. The van der Waals surface area contributed by atoms with Crippen LogP contribution in [0, 0.1) is 5.82 Å². The Balaban J connectivity index is 2.12. The highest BCUT2D eigenvalue weighted by Crippen LogP contribution is 2.35. The van der Waals surface area contributed by atoms with Gasteiger partial charge < -0.3 is 14.6 Å². The van der Waals surface area contributed by atoms with E-state index in [1.807, 2.05) is 24.3 Å². The topological polar surface area (TPSA) is 38.7 Å². The number of hydrogen-bond acceptors (Lipinski definition) is 3. The summed E-state index contributed by atoms with van der Waals surface area (Å²) in [6, 6.07) is 14.4. The Labute approximate surface area is 168 Å². The van der Waals surface area contributed by atoms with Gasteiger partial charge in [-0.15, -0.1) is 0 Å². The van der Waals surface area contributed by atoms with Crippen LogP contribution in [0.2, 0.25) is 0 Å². The molecule has 0 radical (unpaired) electrons. The van der Waals surface area contributed by atoms with Crippen molar-refractivity contribution in [2.45, 2.75) is 63.8 Å². The first-order chi connectivity index (χ1) is 13.5. The summed E-state index contributed by atoms with van der Waals surface area (Å²) in [5.41, 5.74) is 2.92. The second-order valence-electron chi connectivity index (χ2n) is 7.28. The first kappa shape index (κ1) is 22.5. The molecule has 0 aliphatic rings. The largest absolute Gasteiger partial charge is 0.343 e. The van der Waals surface area contributed by atoms with Crippen LogP contribution in [-0.2, 0) is 9.47 Å². The number of benzene rings is 2. The Kier molecular flexibility index (Phi) is 9.10. The van der Waals surface area contributed by atoms with Crippen LogP contribution in [0.15, 0.2) is 48.5 Å². The SMILES string of the molecule is CCCCCCCCC(c1ccc(-c2ccc(F)cc2)cc1)C(O)(OC)OC. The van der Waals surface area contributed by atoms with Gasteiger partial charge in [0.2, 0.25) is 0 Å². The van der Waals surface area contributed by atoms with Crippen molar-refractivity contribution >= 4 is 0 Å². The van der Waals surface area contributed by atoms with Gasteiger partial charge in [0.1, 0.15) is 5.82 Å². The average Bonchev–Trinajstić information content (AvgIpc) is 2.73. The molecule has 2 rings (SSSR count). The molecule has 3 nitrogen and oxygen atoms in total. The molecule has 2 aromatic carbocycles. The highest BCUT2D eigenvalue weighted by molar-refractivity contribution is 5.63. The number of aliphatic hydroxyl groups is 1. The average molecular weight is 389 g/mol. The minimum absolute atomic E-state index is 0.246. The number of unbranched alkanes of at least 4 members (excludes halogenated alkanes) is 5. The molecule has 4 heteroatoms.